The molecule has 0 aliphatic carbocycles. The number of quaternary nitrogens is 1. The number of hydrogen-bond acceptors (Lipinski definition) is 1. The van der Waals surface area contributed by atoms with Crippen molar-refractivity contribution in [2.45, 2.75) is 13.3 Å². The van der Waals surface area contributed by atoms with E-state index in [2.05, 4.69) is 25.9 Å². The van der Waals surface area contributed by atoms with Crippen molar-refractivity contribution in [2.75, 3.05) is 46.8 Å². The van der Waals surface area contributed by atoms with Crippen molar-refractivity contribution in [3.05, 3.63) is 0 Å². The van der Waals surface area contributed by atoms with E-state index in [-0.39, 0.29) is 0 Å². The molecule has 0 bridgehead atoms. The fourth-order valence-corrected chi connectivity index (χ4v) is 1.59. The fourth-order valence-electron chi connectivity index (χ4n) is 1.59. The van der Waals surface area contributed by atoms with Gasteiger partial charge in [-0.1, -0.05) is 6.92 Å². The van der Waals surface area contributed by atoms with Crippen LogP contribution in [0.3, 0.4) is 0 Å². The summed E-state index contributed by atoms with van der Waals surface area (Å²) in [7, 11) is 4.65. The quantitative estimate of drug-likeness (QED) is 0.536. The Morgan fingerprint density at radius 2 is 1.73 bits per heavy atom. The molecule has 1 heterocycles. The zero-order chi connectivity index (χ0) is 8.32. The second-order valence-electron chi connectivity index (χ2n) is 4.22. The molecule has 0 radical (unpaired) electrons. The molecule has 0 unspecified atom stereocenters. The van der Waals surface area contributed by atoms with Crippen molar-refractivity contribution >= 4 is 0 Å². The van der Waals surface area contributed by atoms with Crippen LogP contribution in [0.4, 0.5) is 0 Å². The monoisotopic (exact) mass is 157 g/mol. The second kappa shape index (κ2) is 3.55. The van der Waals surface area contributed by atoms with Crippen LogP contribution >= 0.6 is 0 Å². The van der Waals surface area contributed by atoms with Gasteiger partial charge >= 0.3 is 0 Å². The maximum atomic E-state index is 2.57. The van der Waals surface area contributed by atoms with E-state index < -0.39 is 0 Å². The van der Waals surface area contributed by atoms with Crippen molar-refractivity contribution in [3.8, 4) is 0 Å². The van der Waals surface area contributed by atoms with Crippen LogP contribution in [0.2, 0.25) is 0 Å². The molecule has 11 heavy (non-hydrogen) atoms. The fraction of sp³-hybridized carbons (Fsp3) is 1.00. The standard InChI is InChI=1S/C9H21N2/c1-4-5-10-6-8-11(2,3)9-7-10/h4-9H2,1-3H3/q+1. The normalized spacial score (nSPS) is 25.4. The maximum absolute atomic E-state index is 2.57. The lowest BCUT2D eigenvalue weighted by Gasteiger charge is -2.38. The average molecular weight is 157 g/mol. The summed E-state index contributed by atoms with van der Waals surface area (Å²) in [5.41, 5.74) is 0. The summed E-state index contributed by atoms with van der Waals surface area (Å²) in [4.78, 5) is 2.57. The van der Waals surface area contributed by atoms with Gasteiger partial charge in [0.15, 0.2) is 0 Å². The molecule has 0 spiro atoms. The molecular weight excluding hydrogens is 136 g/mol. The molecule has 2 nitrogen and oxygen atoms in total. The van der Waals surface area contributed by atoms with Crippen molar-refractivity contribution in [2.24, 2.45) is 0 Å². The van der Waals surface area contributed by atoms with Crippen molar-refractivity contribution in [1.29, 1.82) is 0 Å². The lowest BCUT2D eigenvalue weighted by molar-refractivity contribution is -0.894. The summed E-state index contributed by atoms with van der Waals surface area (Å²) in [5.74, 6) is 0. The highest BCUT2D eigenvalue weighted by molar-refractivity contribution is 4.60. The molecule has 1 rings (SSSR count). The molecule has 0 aromatic rings. The van der Waals surface area contributed by atoms with Gasteiger partial charge in [-0.05, 0) is 13.0 Å². The molecule has 2 heteroatoms. The van der Waals surface area contributed by atoms with Crippen LogP contribution in [0.25, 0.3) is 0 Å². The molecule has 0 amide bonds. The Morgan fingerprint density at radius 1 is 1.18 bits per heavy atom. The Bertz CT molecular complexity index is 111. The van der Waals surface area contributed by atoms with E-state index in [0.29, 0.717) is 0 Å². The summed E-state index contributed by atoms with van der Waals surface area (Å²) in [5, 5.41) is 0. The van der Waals surface area contributed by atoms with Crippen LogP contribution < -0.4 is 0 Å². The third kappa shape index (κ3) is 2.80. The molecule has 1 aliphatic heterocycles. The highest BCUT2D eigenvalue weighted by Gasteiger charge is 2.22. The van der Waals surface area contributed by atoms with E-state index in [4.69, 9.17) is 0 Å². The van der Waals surface area contributed by atoms with E-state index in [9.17, 15) is 0 Å². The van der Waals surface area contributed by atoms with E-state index in [1.54, 1.807) is 0 Å². The predicted molar refractivity (Wildman–Crippen MR) is 48.6 cm³/mol. The highest BCUT2D eigenvalue weighted by Crippen LogP contribution is 2.06. The molecule has 0 atom stereocenters. The van der Waals surface area contributed by atoms with Crippen molar-refractivity contribution < 1.29 is 4.48 Å². The summed E-state index contributed by atoms with van der Waals surface area (Å²) in [6.45, 7) is 8.77. The Labute approximate surface area is 70.4 Å². The molecule has 1 aliphatic rings. The topological polar surface area (TPSA) is 3.24 Å². The van der Waals surface area contributed by atoms with Gasteiger partial charge in [-0.2, -0.15) is 0 Å². The third-order valence-corrected chi connectivity index (χ3v) is 2.58. The summed E-state index contributed by atoms with van der Waals surface area (Å²) < 4.78 is 1.21. The third-order valence-electron chi connectivity index (χ3n) is 2.58. The van der Waals surface area contributed by atoms with Gasteiger partial charge in [-0.3, -0.25) is 4.90 Å². The molecule has 1 fully saturated rings. The average Bonchev–Trinajstić information content (AvgIpc) is 1.94. The van der Waals surface area contributed by atoms with Gasteiger partial charge in [-0.25, -0.2) is 0 Å². The van der Waals surface area contributed by atoms with Crippen LogP contribution in [0, 0.1) is 0 Å². The van der Waals surface area contributed by atoms with Crippen LogP contribution in [-0.2, 0) is 0 Å². The summed E-state index contributed by atoms with van der Waals surface area (Å²) >= 11 is 0. The molecule has 0 N–H and O–H groups in total. The lowest BCUT2D eigenvalue weighted by Crippen LogP contribution is -2.54. The van der Waals surface area contributed by atoms with E-state index in [0.717, 1.165) is 0 Å². The minimum absolute atomic E-state index is 1.21. The smallest absolute Gasteiger partial charge is 0.0912 e. The van der Waals surface area contributed by atoms with Crippen LogP contribution in [-0.4, -0.2) is 56.2 Å². The number of piperazine rings is 1. The lowest BCUT2D eigenvalue weighted by atomic mass is 10.3. The second-order valence-corrected chi connectivity index (χ2v) is 4.22. The SMILES string of the molecule is CCCN1CC[N+](C)(C)CC1. The van der Waals surface area contributed by atoms with Gasteiger partial charge in [0, 0.05) is 13.1 Å². The molecule has 66 valence electrons. The predicted octanol–water partition coefficient (Wildman–Crippen LogP) is 0.788. The van der Waals surface area contributed by atoms with Gasteiger partial charge in [0.25, 0.3) is 0 Å². The Kier molecular flexibility index (Phi) is 2.90. The van der Waals surface area contributed by atoms with Gasteiger partial charge in [0.05, 0.1) is 27.2 Å². The Morgan fingerprint density at radius 3 is 2.18 bits per heavy atom. The minimum Gasteiger partial charge on any atom is -0.326 e. The van der Waals surface area contributed by atoms with Crippen LogP contribution in [0.1, 0.15) is 13.3 Å². The number of nitrogens with zero attached hydrogens (tertiary/aromatic N) is 2. The van der Waals surface area contributed by atoms with Gasteiger partial charge in [-0.15, -0.1) is 0 Å². The van der Waals surface area contributed by atoms with E-state index in [1.165, 1.54) is 43.6 Å². The Hall–Kier alpha value is -0.0800. The molecule has 0 aromatic heterocycles. The largest absolute Gasteiger partial charge is 0.326 e. The first-order chi connectivity index (χ1) is 5.14. The number of rotatable bonds is 2. The molecule has 0 saturated carbocycles. The first-order valence-electron chi connectivity index (χ1n) is 4.68. The van der Waals surface area contributed by atoms with Crippen LogP contribution in [0.15, 0.2) is 0 Å². The van der Waals surface area contributed by atoms with Gasteiger partial charge in [0.2, 0.25) is 0 Å². The van der Waals surface area contributed by atoms with Crippen LogP contribution in [0.5, 0.6) is 0 Å². The first kappa shape index (κ1) is 9.01. The Balaban J connectivity index is 2.25. The first-order valence-corrected chi connectivity index (χ1v) is 4.68. The number of likely N-dealkylation sites (N-methyl/N-ethyl adjacent to an activating group) is 1. The van der Waals surface area contributed by atoms with Crippen molar-refractivity contribution in [1.82, 2.24) is 4.90 Å². The summed E-state index contributed by atoms with van der Waals surface area (Å²) in [6.07, 6.45) is 1.30. The molecule has 1 saturated heterocycles. The van der Waals surface area contributed by atoms with Gasteiger partial charge < -0.3 is 4.48 Å². The molecular formula is C9H21N2+. The number of hydrogen-bond donors (Lipinski definition) is 0. The zero-order valence-electron chi connectivity index (χ0n) is 8.14. The summed E-state index contributed by atoms with van der Waals surface area (Å²) in [6, 6.07) is 0. The van der Waals surface area contributed by atoms with E-state index >= 15 is 0 Å². The zero-order valence-corrected chi connectivity index (χ0v) is 8.14. The maximum Gasteiger partial charge on any atom is 0.0912 e. The van der Waals surface area contributed by atoms with Crippen molar-refractivity contribution in [3.63, 3.8) is 0 Å². The highest BCUT2D eigenvalue weighted by atomic mass is 15.4. The van der Waals surface area contributed by atoms with E-state index in [1.807, 2.05) is 0 Å². The van der Waals surface area contributed by atoms with Gasteiger partial charge in [0.1, 0.15) is 0 Å². The minimum atomic E-state index is 1.21. The molecule has 0 aromatic carbocycles.